The van der Waals surface area contributed by atoms with Crippen molar-refractivity contribution < 1.29 is 4.39 Å². The van der Waals surface area contributed by atoms with E-state index in [0.717, 1.165) is 47.8 Å². The van der Waals surface area contributed by atoms with E-state index in [1.165, 1.54) is 75.3 Å². The molecule has 0 N–H and O–H groups in total. The van der Waals surface area contributed by atoms with Gasteiger partial charge in [-0.15, -0.1) is 0 Å². The van der Waals surface area contributed by atoms with Crippen LogP contribution in [0.15, 0.2) is 18.2 Å². The third-order valence-electron chi connectivity index (χ3n) is 9.92. The molecule has 1 heteroatoms. The lowest BCUT2D eigenvalue weighted by molar-refractivity contribution is 0.0540. The summed E-state index contributed by atoms with van der Waals surface area (Å²) in [4.78, 5) is 0. The lowest BCUT2D eigenvalue weighted by Gasteiger charge is -2.46. The summed E-state index contributed by atoms with van der Waals surface area (Å²) in [5.74, 6) is 7.00. The number of rotatable bonds is 3. The topological polar surface area (TPSA) is 0 Å². The first-order valence-corrected chi connectivity index (χ1v) is 13.0. The Kier molecular flexibility index (Phi) is 6.03. The molecule has 0 nitrogen and oxygen atoms in total. The summed E-state index contributed by atoms with van der Waals surface area (Å²) < 4.78 is 13.5. The van der Waals surface area contributed by atoms with Crippen LogP contribution in [0.5, 0.6) is 0 Å². The molecule has 3 fully saturated rings. The van der Waals surface area contributed by atoms with Crippen LogP contribution >= 0.6 is 0 Å². The Labute approximate surface area is 178 Å². The number of hydrogen-bond donors (Lipinski definition) is 0. The second kappa shape index (κ2) is 8.72. The molecule has 160 valence electrons. The predicted molar refractivity (Wildman–Crippen MR) is 119 cm³/mol. The fourth-order valence-electron chi connectivity index (χ4n) is 8.06. The fourth-order valence-corrected chi connectivity index (χ4v) is 8.06. The largest absolute Gasteiger partial charge is 0.207 e. The highest BCUT2D eigenvalue weighted by molar-refractivity contribution is 5.30. The molecule has 0 radical (unpaired) electrons. The first-order valence-electron chi connectivity index (χ1n) is 13.0. The van der Waals surface area contributed by atoms with Gasteiger partial charge in [0, 0.05) is 0 Å². The molecule has 4 aliphatic carbocycles. The summed E-state index contributed by atoms with van der Waals surface area (Å²) in [6.45, 7) is 2.40. The van der Waals surface area contributed by atoms with Crippen LogP contribution in [-0.4, -0.2) is 0 Å². The van der Waals surface area contributed by atoms with Crippen LogP contribution in [0, 0.1) is 47.2 Å². The number of fused-ring (bicyclic) bond motifs is 2. The number of aryl methyl sites for hydroxylation is 1. The smallest absolute Gasteiger partial charge is 0.123 e. The van der Waals surface area contributed by atoms with Crippen LogP contribution in [0.25, 0.3) is 0 Å². The predicted octanol–water partition coefficient (Wildman–Crippen LogP) is 7.98. The Hall–Kier alpha value is -0.850. The van der Waals surface area contributed by atoms with E-state index in [4.69, 9.17) is 0 Å². The lowest BCUT2D eigenvalue weighted by atomic mass is 9.60. The molecule has 4 aliphatic rings. The highest BCUT2D eigenvalue weighted by atomic mass is 19.1. The van der Waals surface area contributed by atoms with Crippen molar-refractivity contribution in [2.24, 2.45) is 41.4 Å². The van der Waals surface area contributed by atoms with Crippen LogP contribution in [0.1, 0.15) is 95.1 Å². The summed E-state index contributed by atoms with van der Waals surface area (Å²) in [5.41, 5.74) is 2.72. The first kappa shape index (κ1) is 20.1. The van der Waals surface area contributed by atoms with E-state index in [1.807, 2.05) is 0 Å². The van der Waals surface area contributed by atoms with Gasteiger partial charge in [-0.25, -0.2) is 4.39 Å². The third kappa shape index (κ3) is 4.31. The maximum Gasteiger partial charge on any atom is 0.123 e. The SMILES string of the molecule is CCC1CCC2CC(C3CCC(C4CCc5cc(F)ccc5C4)CC3)CCC2C1. The van der Waals surface area contributed by atoms with Crippen molar-refractivity contribution in [1.82, 2.24) is 0 Å². The molecule has 29 heavy (non-hydrogen) atoms. The van der Waals surface area contributed by atoms with Crippen LogP contribution in [0.2, 0.25) is 0 Å². The summed E-state index contributed by atoms with van der Waals surface area (Å²) in [5, 5.41) is 0. The van der Waals surface area contributed by atoms with E-state index in [0.29, 0.717) is 0 Å². The molecule has 0 saturated heterocycles. The van der Waals surface area contributed by atoms with Crippen LogP contribution in [0.4, 0.5) is 4.39 Å². The molecule has 0 aromatic heterocycles. The zero-order valence-electron chi connectivity index (χ0n) is 18.6. The molecule has 0 amide bonds. The van der Waals surface area contributed by atoms with Crippen molar-refractivity contribution in [2.45, 2.75) is 96.8 Å². The van der Waals surface area contributed by atoms with Crippen LogP contribution < -0.4 is 0 Å². The Morgan fingerprint density at radius 1 is 0.690 bits per heavy atom. The van der Waals surface area contributed by atoms with E-state index in [-0.39, 0.29) is 5.82 Å². The van der Waals surface area contributed by atoms with E-state index >= 15 is 0 Å². The average Bonchev–Trinajstić information content (AvgIpc) is 2.78. The molecule has 1 aromatic rings. The Bertz CT molecular complexity index is 686. The molecule has 5 rings (SSSR count). The zero-order valence-corrected chi connectivity index (χ0v) is 18.6. The molecule has 5 atom stereocenters. The summed E-state index contributed by atoms with van der Waals surface area (Å²) >= 11 is 0. The second-order valence-corrected chi connectivity index (χ2v) is 11.3. The van der Waals surface area contributed by atoms with Gasteiger partial charge < -0.3 is 0 Å². The summed E-state index contributed by atoms with van der Waals surface area (Å²) in [6, 6.07) is 5.52. The maximum atomic E-state index is 13.5. The molecule has 0 heterocycles. The van der Waals surface area contributed by atoms with Gasteiger partial charge >= 0.3 is 0 Å². The van der Waals surface area contributed by atoms with Gasteiger partial charge in [0.2, 0.25) is 0 Å². The minimum Gasteiger partial charge on any atom is -0.207 e. The molecule has 1 aromatic carbocycles. The van der Waals surface area contributed by atoms with Gasteiger partial charge in [0.1, 0.15) is 5.82 Å². The molecule has 5 unspecified atom stereocenters. The van der Waals surface area contributed by atoms with E-state index in [1.54, 1.807) is 31.4 Å². The van der Waals surface area contributed by atoms with Crippen molar-refractivity contribution in [3.8, 4) is 0 Å². The Morgan fingerprint density at radius 2 is 1.31 bits per heavy atom. The molecule has 3 saturated carbocycles. The summed E-state index contributed by atoms with van der Waals surface area (Å²) in [7, 11) is 0. The van der Waals surface area contributed by atoms with Crippen molar-refractivity contribution >= 4 is 0 Å². The van der Waals surface area contributed by atoms with Crippen molar-refractivity contribution in [2.75, 3.05) is 0 Å². The van der Waals surface area contributed by atoms with Gasteiger partial charge in [-0.1, -0.05) is 25.8 Å². The lowest BCUT2D eigenvalue weighted by Crippen LogP contribution is -2.35. The minimum atomic E-state index is -0.0550. The molecule has 0 aliphatic heterocycles. The van der Waals surface area contributed by atoms with Crippen molar-refractivity contribution in [3.05, 3.63) is 35.1 Å². The highest BCUT2D eigenvalue weighted by Gasteiger charge is 2.39. The second-order valence-electron chi connectivity index (χ2n) is 11.3. The zero-order chi connectivity index (χ0) is 19.8. The van der Waals surface area contributed by atoms with Crippen LogP contribution in [0.3, 0.4) is 0 Å². The quantitative estimate of drug-likeness (QED) is 0.486. The van der Waals surface area contributed by atoms with E-state index < -0.39 is 0 Å². The first-order chi connectivity index (χ1) is 14.2. The van der Waals surface area contributed by atoms with Crippen LogP contribution in [-0.2, 0) is 12.8 Å². The third-order valence-corrected chi connectivity index (χ3v) is 9.92. The minimum absolute atomic E-state index is 0.0550. The van der Waals surface area contributed by atoms with Gasteiger partial charge in [-0.3, -0.25) is 0 Å². The molecular weight excluding hydrogens is 355 g/mol. The fraction of sp³-hybridized carbons (Fsp3) is 0.786. The van der Waals surface area contributed by atoms with Crippen molar-refractivity contribution in [3.63, 3.8) is 0 Å². The van der Waals surface area contributed by atoms with Crippen molar-refractivity contribution in [1.29, 1.82) is 0 Å². The maximum absolute atomic E-state index is 13.5. The highest BCUT2D eigenvalue weighted by Crippen LogP contribution is 2.50. The Balaban J connectivity index is 1.12. The number of benzene rings is 1. The number of halogens is 1. The Morgan fingerprint density at radius 3 is 2.07 bits per heavy atom. The normalized spacial score (nSPS) is 40.1. The van der Waals surface area contributed by atoms with Gasteiger partial charge in [-0.2, -0.15) is 0 Å². The standard InChI is InChI=1S/C28H41F/c1-2-19-3-4-25-16-23(10-9-22(25)15-19)20-5-7-21(8-6-20)24-11-12-27-18-28(29)14-13-26(27)17-24/h13-14,18-25H,2-12,15-17H2,1H3. The van der Waals surface area contributed by atoms with Gasteiger partial charge in [-0.05, 0) is 142 Å². The average molecular weight is 397 g/mol. The molecule has 0 spiro atoms. The van der Waals surface area contributed by atoms with Gasteiger partial charge in [0.05, 0.1) is 0 Å². The number of hydrogen-bond acceptors (Lipinski definition) is 0. The van der Waals surface area contributed by atoms with Gasteiger partial charge in [0.15, 0.2) is 0 Å². The molecular formula is C28H41F. The van der Waals surface area contributed by atoms with E-state index in [2.05, 4.69) is 13.0 Å². The monoisotopic (exact) mass is 396 g/mol. The van der Waals surface area contributed by atoms with Gasteiger partial charge in [0.25, 0.3) is 0 Å². The summed E-state index contributed by atoms with van der Waals surface area (Å²) in [6.07, 6.45) is 20.2. The van der Waals surface area contributed by atoms with E-state index in [9.17, 15) is 4.39 Å². The molecule has 0 bridgehead atoms.